The monoisotopic (exact) mass is 348 g/mol. The molecule has 3 nitrogen and oxygen atoms in total. The molecule has 1 saturated carbocycles. The highest BCUT2D eigenvalue weighted by molar-refractivity contribution is 5.26. The van der Waals surface area contributed by atoms with E-state index < -0.39 is 17.8 Å². The van der Waals surface area contributed by atoms with Crippen molar-refractivity contribution in [1.82, 2.24) is 0 Å². The summed E-state index contributed by atoms with van der Waals surface area (Å²) in [4.78, 5) is 0. The van der Waals surface area contributed by atoms with Crippen molar-refractivity contribution in [2.24, 2.45) is 5.92 Å². The molecule has 0 saturated heterocycles. The lowest BCUT2D eigenvalue weighted by molar-refractivity contribution is 0.0675. The Balaban J connectivity index is 2.39. The molecule has 0 aromatic carbocycles. The molecule has 0 heterocycles. The number of aliphatic hydroxyl groups excluding tert-OH is 2. The standard InChI is InChI=1S/C22H36O3/c1-16(13-17(2)10-8-12-22(4,5)25)9-6-7-11-19-14-20(23)18(3)21(24)15-19/h6-7,11,13,17,20-21,23-25H,3,8-10,12,14-15H2,1-2,4-5H3/b7-6-,16-13+/t17-,20+,21+/m0/s1. The molecule has 3 heteroatoms. The first-order valence-electron chi connectivity index (χ1n) is 9.37. The second-order valence-corrected chi connectivity index (χ2v) is 8.17. The summed E-state index contributed by atoms with van der Waals surface area (Å²) in [7, 11) is 0. The predicted molar refractivity (Wildman–Crippen MR) is 105 cm³/mol. The molecule has 3 N–H and O–H groups in total. The van der Waals surface area contributed by atoms with Crippen molar-refractivity contribution < 1.29 is 15.3 Å². The van der Waals surface area contributed by atoms with Gasteiger partial charge in [-0.2, -0.15) is 0 Å². The highest BCUT2D eigenvalue weighted by Crippen LogP contribution is 2.27. The molecule has 3 atom stereocenters. The third-order valence-electron chi connectivity index (χ3n) is 4.69. The minimum Gasteiger partial charge on any atom is -0.390 e. The van der Waals surface area contributed by atoms with E-state index in [1.165, 1.54) is 5.57 Å². The van der Waals surface area contributed by atoms with E-state index in [1.54, 1.807) is 0 Å². The van der Waals surface area contributed by atoms with Gasteiger partial charge in [0, 0.05) is 0 Å². The van der Waals surface area contributed by atoms with Crippen LogP contribution in [0.15, 0.2) is 47.6 Å². The average Bonchev–Trinajstić information content (AvgIpc) is 2.47. The zero-order valence-electron chi connectivity index (χ0n) is 16.3. The van der Waals surface area contributed by atoms with E-state index in [0.717, 1.165) is 31.3 Å². The quantitative estimate of drug-likeness (QED) is 0.568. The SMILES string of the molecule is C=C1[C@H](O)CC(=C/C=C\C/C(C)=C/[C@@H](C)CCCC(C)(C)O)C[C@H]1O. The van der Waals surface area contributed by atoms with Crippen molar-refractivity contribution in [3.63, 3.8) is 0 Å². The molecule has 1 aliphatic carbocycles. The Hall–Kier alpha value is -1.16. The Morgan fingerprint density at radius 1 is 1.28 bits per heavy atom. The predicted octanol–water partition coefficient (Wildman–Crippen LogP) is 4.45. The number of allylic oxidation sites excluding steroid dienone is 5. The first kappa shape index (κ1) is 21.9. The van der Waals surface area contributed by atoms with Crippen LogP contribution in [0.2, 0.25) is 0 Å². The zero-order chi connectivity index (χ0) is 19.0. The summed E-state index contributed by atoms with van der Waals surface area (Å²) >= 11 is 0. The molecule has 0 aliphatic heterocycles. The third-order valence-corrected chi connectivity index (χ3v) is 4.69. The lowest BCUT2D eigenvalue weighted by Gasteiger charge is -2.27. The minimum absolute atomic E-state index is 0.517. The van der Waals surface area contributed by atoms with Gasteiger partial charge in [0.15, 0.2) is 0 Å². The van der Waals surface area contributed by atoms with Gasteiger partial charge in [-0.15, -0.1) is 0 Å². The van der Waals surface area contributed by atoms with Crippen LogP contribution < -0.4 is 0 Å². The molecule has 0 radical (unpaired) electrons. The average molecular weight is 349 g/mol. The number of rotatable bonds is 8. The molecule has 0 amide bonds. The lowest BCUT2D eigenvalue weighted by atomic mass is 9.86. The van der Waals surface area contributed by atoms with Gasteiger partial charge in [0.2, 0.25) is 0 Å². The van der Waals surface area contributed by atoms with Crippen molar-refractivity contribution in [3.05, 3.63) is 47.6 Å². The summed E-state index contributed by atoms with van der Waals surface area (Å²) < 4.78 is 0. The zero-order valence-corrected chi connectivity index (χ0v) is 16.3. The van der Waals surface area contributed by atoms with E-state index in [0.29, 0.717) is 24.3 Å². The maximum atomic E-state index is 9.83. The van der Waals surface area contributed by atoms with Crippen LogP contribution in [0.1, 0.15) is 66.2 Å². The highest BCUT2D eigenvalue weighted by atomic mass is 16.3. The first-order chi connectivity index (χ1) is 11.6. The Morgan fingerprint density at radius 3 is 2.44 bits per heavy atom. The molecule has 0 aromatic rings. The third kappa shape index (κ3) is 9.20. The van der Waals surface area contributed by atoms with E-state index >= 15 is 0 Å². The van der Waals surface area contributed by atoms with Gasteiger partial charge in [-0.1, -0.05) is 55.4 Å². The summed E-state index contributed by atoms with van der Waals surface area (Å²) in [5, 5.41) is 29.4. The fourth-order valence-electron chi connectivity index (χ4n) is 3.15. The van der Waals surface area contributed by atoms with E-state index in [4.69, 9.17) is 0 Å². The molecule has 1 fully saturated rings. The number of aliphatic hydroxyl groups is 3. The normalized spacial score (nSPS) is 24.0. The van der Waals surface area contributed by atoms with Gasteiger partial charge in [-0.05, 0) is 64.4 Å². The molecule has 142 valence electrons. The van der Waals surface area contributed by atoms with Crippen LogP contribution in [0.4, 0.5) is 0 Å². The van der Waals surface area contributed by atoms with Gasteiger partial charge in [-0.25, -0.2) is 0 Å². The Labute approximate surface area is 153 Å². The van der Waals surface area contributed by atoms with Crippen LogP contribution in [0.5, 0.6) is 0 Å². The summed E-state index contributed by atoms with van der Waals surface area (Å²) in [6, 6.07) is 0. The Morgan fingerprint density at radius 2 is 1.88 bits per heavy atom. The van der Waals surface area contributed by atoms with Gasteiger partial charge < -0.3 is 15.3 Å². The maximum absolute atomic E-state index is 9.83. The smallest absolute Gasteiger partial charge is 0.0809 e. The van der Waals surface area contributed by atoms with Crippen molar-refractivity contribution in [1.29, 1.82) is 0 Å². The molecule has 0 unspecified atom stereocenters. The van der Waals surface area contributed by atoms with Gasteiger partial charge in [0.25, 0.3) is 0 Å². The van der Waals surface area contributed by atoms with E-state index in [1.807, 2.05) is 26.0 Å². The molecule has 0 spiro atoms. The second kappa shape index (κ2) is 10.1. The highest BCUT2D eigenvalue weighted by Gasteiger charge is 2.25. The van der Waals surface area contributed by atoms with Crippen LogP contribution in [0.3, 0.4) is 0 Å². The van der Waals surface area contributed by atoms with Crippen molar-refractivity contribution in [2.75, 3.05) is 0 Å². The van der Waals surface area contributed by atoms with Crippen molar-refractivity contribution in [3.8, 4) is 0 Å². The molecular formula is C22H36O3. The van der Waals surface area contributed by atoms with Crippen molar-refractivity contribution in [2.45, 2.75) is 84.0 Å². The molecule has 0 aromatic heterocycles. The Kier molecular flexibility index (Phi) is 8.84. The maximum Gasteiger partial charge on any atom is 0.0809 e. The van der Waals surface area contributed by atoms with Gasteiger partial charge in [-0.3, -0.25) is 0 Å². The first-order valence-corrected chi connectivity index (χ1v) is 9.37. The molecule has 0 bridgehead atoms. The molecule has 25 heavy (non-hydrogen) atoms. The van der Waals surface area contributed by atoms with Crippen LogP contribution in [0.25, 0.3) is 0 Å². The largest absolute Gasteiger partial charge is 0.390 e. The lowest BCUT2D eigenvalue weighted by Crippen LogP contribution is -2.27. The fourth-order valence-corrected chi connectivity index (χ4v) is 3.15. The van der Waals surface area contributed by atoms with Crippen LogP contribution in [-0.4, -0.2) is 33.1 Å². The van der Waals surface area contributed by atoms with Crippen LogP contribution in [0, 0.1) is 5.92 Å². The van der Waals surface area contributed by atoms with E-state index in [9.17, 15) is 15.3 Å². The van der Waals surface area contributed by atoms with Crippen molar-refractivity contribution >= 4 is 0 Å². The number of hydrogen-bond donors (Lipinski definition) is 3. The summed E-state index contributed by atoms with van der Waals surface area (Å²) in [6.45, 7) is 11.8. The van der Waals surface area contributed by atoms with Gasteiger partial charge in [0.1, 0.15) is 0 Å². The second-order valence-electron chi connectivity index (χ2n) is 8.17. The molecule has 1 aliphatic rings. The Bertz CT molecular complexity index is 504. The van der Waals surface area contributed by atoms with Gasteiger partial charge in [0.05, 0.1) is 17.8 Å². The number of hydrogen-bond acceptors (Lipinski definition) is 3. The fraction of sp³-hybridized carbons (Fsp3) is 0.636. The van der Waals surface area contributed by atoms with E-state index in [2.05, 4.69) is 32.6 Å². The van der Waals surface area contributed by atoms with Crippen LogP contribution in [-0.2, 0) is 0 Å². The summed E-state index contributed by atoms with van der Waals surface area (Å²) in [5.74, 6) is 0.517. The van der Waals surface area contributed by atoms with Crippen LogP contribution >= 0.6 is 0 Å². The molecular weight excluding hydrogens is 312 g/mol. The topological polar surface area (TPSA) is 60.7 Å². The molecule has 1 rings (SSSR count). The summed E-state index contributed by atoms with van der Waals surface area (Å²) in [5.41, 5.74) is 2.35. The van der Waals surface area contributed by atoms with E-state index in [-0.39, 0.29) is 0 Å². The summed E-state index contributed by atoms with van der Waals surface area (Å²) in [6.07, 6.45) is 12.2. The minimum atomic E-state index is -0.630. The van der Waals surface area contributed by atoms with Gasteiger partial charge >= 0.3 is 0 Å².